The van der Waals surface area contributed by atoms with Crippen LogP contribution in [-0.4, -0.2) is 16.9 Å². The molecule has 90 valence electrons. The molecule has 1 atom stereocenters. The predicted octanol–water partition coefficient (Wildman–Crippen LogP) is 2.55. The van der Waals surface area contributed by atoms with Crippen molar-refractivity contribution in [3.05, 3.63) is 51.6 Å². The first-order chi connectivity index (χ1) is 7.95. The number of hydrogen-bond acceptors (Lipinski definition) is 3. The van der Waals surface area contributed by atoms with E-state index in [-0.39, 0.29) is 22.3 Å². The molecule has 1 rings (SSSR count). The van der Waals surface area contributed by atoms with Gasteiger partial charge in [-0.25, -0.2) is 0 Å². The van der Waals surface area contributed by atoms with Crippen LogP contribution < -0.4 is 5.32 Å². The van der Waals surface area contributed by atoms with Gasteiger partial charge in [-0.3, -0.25) is 14.9 Å². The molecule has 17 heavy (non-hydrogen) atoms. The fourth-order valence-electron chi connectivity index (χ4n) is 1.15. The number of non-ortho nitro benzene ring substituents is 1. The Morgan fingerprint density at radius 2 is 2.29 bits per heavy atom. The average Bonchev–Trinajstić information content (AvgIpc) is 2.28. The molecular formula is C11H11ClN2O3. The number of amides is 1. The molecule has 0 saturated heterocycles. The first-order valence-corrected chi connectivity index (χ1v) is 5.21. The van der Waals surface area contributed by atoms with Gasteiger partial charge in [0.1, 0.15) is 0 Å². The molecule has 0 saturated carbocycles. The van der Waals surface area contributed by atoms with E-state index in [9.17, 15) is 14.9 Å². The van der Waals surface area contributed by atoms with Gasteiger partial charge in [-0.15, -0.1) is 6.58 Å². The van der Waals surface area contributed by atoms with Crippen molar-refractivity contribution in [2.24, 2.45) is 0 Å². The SMILES string of the molecule is C=CC(C)NC(=O)c1ccc([N+](=O)[O-])cc1Cl. The molecular weight excluding hydrogens is 244 g/mol. The first kappa shape index (κ1) is 13.2. The van der Waals surface area contributed by atoms with Crippen molar-refractivity contribution in [3.8, 4) is 0 Å². The Balaban J connectivity index is 2.96. The Morgan fingerprint density at radius 1 is 1.65 bits per heavy atom. The molecule has 1 N–H and O–H groups in total. The van der Waals surface area contributed by atoms with Crippen molar-refractivity contribution in [2.75, 3.05) is 0 Å². The summed E-state index contributed by atoms with van der Waals surface area (Å²) in [7, 11) is 0. The average molecular weight is 255 g/mol. The van der Waals surface area contributed by atoms with Gasteiger partial charge in [-0.2, -0.15) is 0 Å². The van der Waals surface area contributed by atoms with Crippen molar-refractivity contribution in [2.45, 2.75) is 13.0 Å². The van der Waals surface area contributed by atoms with E-state index in [1.54, 1.807) is 13.0 Å². The molecule has 5 nitrogen and oxygen atoms in total. The zero-order valence-electron chi connectivity index (χ0n) is 9.14. The normalized spacial score (nSPS) is 11.6. The topological polar surface area (TPSA) is 72.2 Å². The lowest BCUT2D eigenvalue weighted by Gasteiger charge is -2.09. The van der Waals surface area contributed by atoms with Gasteiger partial charge in [0.2, 0.25) is 0 Å². The summed E-state index contributed by atoms with van der Waals surface area (Å²) in [6.45, 7) is 5.28. The number of halogens is 1. The standard InChI is InChI=1S/C11H11ClN2O3/c1-3-7(2)13-11(15)9-5-4-8(14(16)17)6-10(9)12/h3-7H,1H2,2H3,(H,13,15). The number of nitro groups is 1. The van der Waals surface area contributed by atoms with Crippen LogP contribution in [0.4, 0.5) is 5.69 Å². The third-order valence-corrected chi connectivity index (χ3v) is 2.43. The number of carbonyl (C=O) groups is 1. The number of nitrogens with one attached hydrogen (secondary N) is 1. The lowest BCUT2D eigenvalue weighted by Crippen LogP contribution is -2.31. The second-order valence-corrected chi connectivity index (χ2v) is 3.83. The number of nitrogens with zero attached hydrogens (tertiary/aromatic N) is 1. The Labute approximate surface area is 103 Å². The van der Waals surface area contributed by atoms with Gasteiger partial charge >= 0.3 is 0 Å². The van der Waals surface area contributed by atoms with E-state index < -0.39 is 10.8 Å². The van der Waals surface area contributed by atoms with Crippen LogP contribution in [-0.2, 0) is 0 Å². The molecule has 6 heteroatoms. The lowest BCUT2D eigenvalue weighted by atomic mass is 10.2. The summed E-state index contributed by atoms with van der Waals surface area (Å²) in [4.78, 5) is 21.6. The minimum Gasteiger partial charge on any atom is -0.346 e. The minimum absolute atomic E-state index is 0.0490. The monoisotopic (exact) mass is 254 g/mol. The van der Waals surface area contributed by atoms with Gasteiger partial charge in [0.05, 0.1) is 15.5 Å². The second-order valence-electron chi connectivity index (χ2n) is 3.42. The maximum Gasteiger partial charge on any atom is 0.270 e. The number of hydrogen-bond donors (Lipinski definition) is 1. The molecule has 0 heterocycles. The second kappa shape index (κ2) is 5.45. The molecule has 0 aromatic heterocycles. The molecule has 0 aliphatic heterocycles. The minimum atomic E-state index is -0.570. The van der Waals surface area contributed by atoms with Gasteiger partial charge in [0.25, 0.3) is 11.6 Å². The zero-order valence-corrected chi connectivity index (χ0v) is 9.90. The largest absolute Gasteiger partial charge is 0.346 e. The van der Waals surface area contributed by atoms with E-state index in [2.05, 4.69) is 11.9 Å². The maximum absolute atomic E-state index is 11.7. The van der Waals surface area contributed by atoms with E-state index in [0.29, 0.717) is 0 Å². The van der Waals surface area contributed by atoms with E-state index >= 15 is 0 Å². The number of carbonyl (C=O) groups excluding carboxylic acids is 1. The van der Waals surface area contributed by atoms with Gasteiger partial charge in [-0.05, 0) is 13.0 Å². The van der Waals surface area contributed by atoms with Crippen LogP contribution in [0.3, 0.4) is 0 Å². The van der Waals surface area contributed by atoms with Crippen molar-refractivity contribution >= 4 is 23.2 Å². The quantitative estimate of drug-likeness (QED) is 0.510. The van der Waals surface area contributed by atoms with Gasteiger partial charge in [0.15, 0.2) is 0 Å². The first-order valence-electron chi connectivity index (χ1n) is 4.83. The summed E-state index contributed by atoms with van der Waals surface area (Å²) in [5.41, 5.74) is 0.0503. The van der Waals surface area contributed by atoms with Gasteiger partial charge in [0, 0.05) is 18.2 Å². The summed E-state index contributed by atoms with van der Waals surface area (Å²) in [5.74, 6) is -0.391. The van der Waals surface area contributed by atoms with Crippen LogP contribution in [0.15, 0.2) is 30.9 Å². The Hall–Kier alpha value is -1.88. The van der Waals surface area contributed by atoms with Crippen LogP contribution in [0.1, 0.15) is 17.3 Å². The highest BCUT2D eigenvalue weighted by Gasteiger charge is 2.15. The van der Waals surface area contributed by atoms with E-state index in [1.807, 2.05) is 0 Å². The maximum atomic E-state index is 11.7. The molecule has 0 aliphatic carbocycles. The van der Waals surface area contributed by atoms with Crippen LogP contribution >= 0.6 is 11.6 Å². The van der Waals surface area contributed by atoms with Crippen molar-refractivity contribution in [1.82, 2.24) is 5.32 Å². The van der Waals surface area contributed by atoms with Crippen LogP contribution in [0.2, 0.25) is 5.02 Å². The summed E-state index contributed by atoms with van der Waals surface area (Å²) < 4.78 is 0. The highest BCUT2D eigenvalue weighted by Crippen LogP contribution is 2.22. The summed E-state index contributed by atoms with van der Waals surface area (Å²) in [5, 5.41) is 13.2. The molecule has 1 aromatic rings. The van der Waals surface area contributed by atoms with Crippen LogP contribution in [0, 0.1) is 10.1 Å². The van der Waals surface area contributed by atoms with Gasteiger partial charge < -0.3 is 5.32 Å². The Bertz CT molecular complexity index is 474. The summed E-state index contributed by atoms with van der Waals surface area (Å²) >= 11 is 5.80. The fraction of sp³-hybridized carbons (Fsp3) is 0.182. The van der Waals surface area contributed by atoms with Gasteiger partial charge in [-0.1, -0.05) is 17.7 Å². The van der Waals surface area contributed by atoms with Crippen LogP contribution in [0.5, 0.6) is 0 Å². The molecule has 1 aromatic carbocycles. The molecule has 0 spiro atoms. The van der Waals surface area contributed by atoms with Crippen molar-refractivity contribution in [1.29, 1.82) is 0 Å². The molecule has 1 unspecified atom stereocenters. The van der Waals surface area contributed by atoms with E-state index in [4.69, 9.17) is 11.6 Å². The number of rotatable bonds is 4. The van der Waals surface area contributed by atoms with Crippen LogP contribution in [0.25, 0.3) is 0 Å². The van der Waals surface area contributed by atoms with E-state index in [1.165, 1.54) is 12.1 Å². The molecule has 0 radical (unpaired) electrons. The summed E-state index contributed by atoms with van der Waals surface area (Å²) in [6.07, 6.45) is 1.57. The number of benzene rings is 1. The fourth-order valence-corrected chi connectivity index (χ4v) is 1.41. The Morgan fingerprint density at radius 3 is 2.76 bits per heavy atom. The smallest absolute Gasteiger partial charge is 0.270 e. The molecule has 0 aliphatic rings. The Kier molecular flexibility index (Phi) is 4.23. The third kappa shape index (κ3) is 3.29. The van der Waals surface area contributed by atoms with E-state index in [0.717, 1.165) is 6.07 Å². The highest BCUT2D eigenvalue weighted by molar-refractivity contribution is 6.34. The van der Waals surface area contributed by atoms with Crippen molar-refractivity contribution < 1.29 is 9.72 Å². The molecule has 0 fully saturated rings. The number of nitro benzene ring substituents is 1. The zero-order chi connectivity index (χ0) is 13.0. The van der Waals surface area contributed by atoms with Crippen molar-refractivity contribution in [3.63, 3.8) is 0 Å². The third-order valence-electron chi connectivity index (χ3n) is 2.12. The molecule has 1 amide bonds. The summed E-state index contributed by atoms with van der Waals surface area (Å²) in [6, 6.07) is 3.51. The predicted molar refractivity (Wildman–Crippen MR) is 65.2 cm³/mol. The highest BCUT2D eigenvalue weighted by atomic mass is 35.5. The lowest BCUT2D eigenvalue weighted by molar-refractivity contribution is -0.384. The molecule has 0 bridgehead atoms.